The van der Waals surface area contributed by atoms with Gasteiger partial charge in [0.2, 0.25) is 0 Å². The zero-order chi connectivity index (χ0) is 23.5. The summed E-state index contributed by atoms with van der Waals surface area (Å²) in [6.07, 6.45) is 4.08. The van der Waals surface area contributed by atoms with Crippen molar-refractivity contribution in [2.24, 2.45) is 0 Å². The van der Waals surface area contributed by atoms with E-state index >= 15 is 0 Å². The molecule has 2 aliphatic rings. The minimum absolute atomic E-state index is 0.00882. The number of hydrogen-bond acceptors (Lipinski definition) is 4. The van der Waals surface area contributed by atoms with Crippen LogP contribution in [0, 0.1) is 0 Å². The average molecular weight is 439 g/mol. The van der Waals surface area contributed by atoms with Gasteiger partial charge in [0, 0.05) is 5.41 Å². The summed E-state index contributed by atoms with van der Waals surface area (Å²) < 4.78 is 12.2. The molecule has 1 spiro atoms. The van der Waals surface area contributed by atoms with Gasteiger partial charge in [0.25, 0.3) is 0 Å². The van der Waals surface area contributed by atoms with E-state index in [2.05, 4.69) is 39.8 Å². The Morgan fingerprint density at radius 3 is 1.75 bits per heavy atom. The van der Waals surface area contributed by atoms with Gasteiger partial charge in [0.15, 0.2) is 23.0 Å². The summed E-state index contributed by atoms with van der Waals surface area (Å²) >= 11 is 0. The van der Waals surface area contributed by atoms with Crippen molar-refractivity contribution < 1.29 is 19.7 Å². The standard InChI is InChI=1S/C28H38O4/c1-8-31-24-15-19-21(16-25(24)32-17(2)3)28(12-10-27(19,6)7)11-9-26(4,5)18-13-22(29)23(30)14-20(18)28/h13-17,29-30H,8-12H2,1-7H3. The van der Waals surface area contributed by atoms with Crippen LogP contribution in [0.15, 0.2) is 24.3 Å². The maximum atomic E-state index is 10.5. The molecule has 0 radical (unpaired) electrons. The summed E-state index contributed by atoms with van der Waals surface area (Å²) in [7, 11) is 0. The summed E-state index contributed by atoms with van der Waals surface area (Å²) in [6.45, 7) is 15.7. The zero-order valence-corrected chi connectivity index (χ0v) is 20.6. The molecule has 2 aromatic carbocycles. The Morgan fingerprint density at radius 1 is 0.750 bits per heavy atom. The number of hydrogen-bond donors (Lipinski definition) is 2. The van der Waals surface area contributed by atoms with Crippen LogP contribution in [0.25, 0.3) is 0 Å². The molecule has 2 aliphatic carbocycles. The fraction of sp³-hybridized carbons (Fsp3) is 0.571. The molecule has 0 bridgehead atoms. The van der Waals surface area contributed by atoms with Gasteiger partial charge in [0.1, 0.15) is 0 Å². The van der Waals surface area contributed by atoms with E-state index in [0.29, 0.717) is 6.61 Å². The Kier molecular flexibility index (Phi) is 5.42. The third kappa shape index (κ3) is 3.52. The van der Waals surface area contributed by atoms with Crippen LogP contribution < -0.4 is 9.47 Å². The van der Waals surface area contributed by atoms with E-state index in [1.54, 1.807) is 6.07 Å². The first kappa shape index (κ1) is 22.8. The second-order valence-corrected chi connectivity index (χ2v) is 11.2. The van der Waals surface area contributed by atoms with Crippen LogP contribution in [0.4, 0.5) is 0 Å². The lowest BCUT2D eigenvalue weighted by Gasteiger charge is -2.51. The van der Waals surface area contributed by atoms with Crippen LogP contribution in [0.3, 0.4) is 0 Å². The number of phenols is 2. The van der Waals surface area contributed by atoms with Gasteiger partial charge in [0.05, 0.1) is 12.7 Å². The number of ether oxygens (including phenoxy) is 2. The number of aromatic hydroxyl groups is 2. The van der Waals surface area contributed by atoms with Crippen molar-refractivity contribution in [1.29, 1.82) is 0 Å². The van der Waals surface area contributed by atoms with Gasteiger partial charge in [-0.1, -0.05) is 27.7 Å². The Balaban J connectivity index is 2.02. The fourth-order valence-corrected chi connectivity index (χ4v) is 5.79. The molecule has 174 valence electrons. The SMILES string of the molecule is CCOc1cc2c(cc1OC(C)C)C1(CCC(C)(C)c3cc(O)c(O)cc31)CCC2(C)C. The summed E-state index contributed by atoms with van der Waals surface area (Å²) in [5, 5.41) is 20.8. The summed E-state index contributed by atoms with van der Waals surface area (Å²) in [4.78, 5) is 0. The van der Waals surface area contributed by atoms with Crippen LogP contribution in [0.1, 0.15) is 96.4 Å². The van der Waals surface area contributed by atoms with Gasteiger partial charge in [-0.05, 0) is 104 Å². The van der Waals surface area contributed by atoms with E-state index in [9.17, 15) is 10.2 Å². The van der Waals surface area contributed by atoms with Gasteiger partial charge < -0.3 is 19.7 Å². The molecule has 2 aromatic rings. The molecule has 0 heterocycles. The molecule has 0 saturated carbocycles. The highest BCUT2D eigenvalue weighted by molar-refractivity contribution is 5.62. The molecule has 4 rings (SSSR count). The first-order valence-electron chi connectivity index (χ1n) is 12.0. The van der Waals surface area contributed by atoms with E-state index in [1.165, 1.54) is 11.1 Å². The van der Waals surface area contributed by atoms with Crippen LogP contribution in [0.2, 0.25) is 0 Å². The molecule has 2 N–H and O–H groups in total. The van der Waals surface area contributed by atoms with Crippen LogP contribution in [0.5, 0.6) is 23.0 Å². The molecule has 0 fully saturated rings. The molecular weight excluding hydrogens is 400 g/mol. The molecule has 4 nitrogen and oxygen atoms in total. The molecule has 1 unspecified atom stereocenters. The van der Waals surface area contributed by atoms with Crippen molar-refractivity contribution in [3.8, 4) is 23.0 Å². The third-order valence-electron chi connectivity index (χ3n) is 7.70. The smallest absolute Gasteiger partial charge is 0.161 e. The van der Waals surface area contributed by atoms with Gasteiger partial charge >= 0.3 is 0 Å². The van der Waals surface area contributed by atoms with Crippen LogP contribution in [-0.2, 0) is 16.2 Å². The summed E-state index contributed by atoms with van der Waals surface area (Å²) in [5.74, 6) is 1.50. The molecule has 4 heteroatoms. The maximum absolute atomic E-state index is 10.5. The highest BCUT2D eigenvalue weighted by Crippen LogP contribution is 2.59. The highest BCUT2D eigenvalue weighted by atomic mass is 16.5. The van der Waals surface area contributed by atoms with Gasteiger partial charge in [-0.15, -0.1) is 0 Å². The first-order valence-corrected chi connectivity index (χ1v) is 12.0. The van der Waals surface area contributed by atoms with Crippen molar-refractivity contribution in [3.63, 3.8) is 0 Å². The van der Waals surface area contributed by atoms with Crippen molar-refractivity contribution in [2.45, 2.75) is 96.5 Å². The lowest BCUT2D eigenvalue weighted by atomic mass is 9.52. The summed E-state index contributed by atoms with van der Waals surface area (Å²) in [5.41, 5.74) is 4.55. The second-order valence-electron chi connectivity index (χ2n) is 11.2. The Bertz CT molecular complexity index is 1030. The lowest BCUT2D eigenvalue weighted by Crippen LogP contribution is -2.44. The van der Waals surface area contributed by atoms with Crippen molar-refractivity contribution in [2.75, 3.05) is 6.61 Å². The minimum Gasteiger partial charge on any atom is -0.504 e. The molecule has 32 heavy (non-hydrogen) atoms. The summed E-state index contributed by atoms with van der Waals surface area (Å²) in [6, 6.07) is 7.99. The second kappa shape index (κ2) is 7.60. The number of fused-ring (bicyclic) bond motifs is 4. The van der Waals surface area contributed by atoms with Gasteiger partial charge in [-0.25, -0.2) is 0 Å². The molecular formula is C28H38O4. The lowest BCUT2D eigenvalue weighted by molar-refractivity contribution is 0.219. The molecule has 0 aliphatic heterocycles. The molecule has 0 aromatic heterocycles. The third-order valence-corrected chi connectivity index (χ3v) is 7.70. The van der Waals surface area contributed by atoms with Crippen molar-refractivity contribution in [1.82, 2.24) is 0 Å². The van der Waals surface area contributed by atoms with E-state index < -0.39 is 0 Å². The highest BCUT2D eigenvalue weighted by Gasteiger charge is 2.50. The van der Waals surface area contributed by atoms with Crippen molar-refractivity contribution in [3.05, 3.63) is 46.5 Å². The number of rotatable bonds is 4. The van der Waals surface area contributed by atoms with E-state index in [1.807, 2.05) is 26.8 Å². The predicted octanol–water partition coefficient (Wildman–Crippen LogP) is 6.71. The largest absolute Gasteiger partial charge is 0.504 e. The minimum atomic E-state index is -0.222. The zero-order valence-electron chi connectivity index (χ0n) is 20.6. The fourth-order valence-electron chi connectivity index (χ4n) is 5.79. The predicted molar refractivity (Wildman–Crippen MR) is 128 cm³/mol. The number of benzene rings is 2. The topological polar surface area (TPSA) is 58.9 Å². The van der Waals surface area contributed by atoms with E-state index in [-0.39, 0.29) is 33.8 Å². The average Bonchev–Trinajstić information content (AvgIpc) is 2.69. The molecule has 0 saturated heterocycles. The normalized spacial score (nSPS) is 23.0. The molecule has 1 atom stereocenters. The van der Waals surface area contributed by atoms with Gasteiger partial charge in [-0.3, -0.25) is 0 Å². The first-order chi connectivity index (χ1) is 14.9. The Labute approximate surface area is 192 Å². The molecule has 0 amide bonds. The van der Waals surface area contributed by atoms with Crippen molar-refractivity contribution >= 4 is 0 Å². The maximum Gasteiger partial charge on any atom is 0.161 e. The Morgan fingerprint density at radius 2 is 1.22 bits per heavy atom. The number of phenolic OH excluding ortho intramolecular Hbond substituents is 2. The van der Waals surface area contributed by atoms with Crippen LogP contribution >= 0.6 is 0 Å². The van der Waals surface area contributed by atoms with E-state index in [4.69, 9.17) is 9.47 Å². The quantitative estimate of drug-likeness (QED) is 0.521. The van der Waals surface area contributed by atoms with E-state index in [0.717, 1.165) is 48.3 Å². The van der Waals surface area contributed by atoms with Gasteiger partial charge in [-0.2, -0.15) is 0 Å². The van der Waals surface area contributed by atoms with Crippen LogP contribution in [-0.4, -0.2) is 22.9 Å². The Hall–Kier alpha value is -2.36. The monoisotopic (exact) mass is 438 g/mol.